The Kier molecular flexibility index (Phi) is 4.66. The molecule has 0 heterocycles. The van der Waals surface area contributed by atoms with Gasteiger partial charge >= 0.3 is 0 Å². The number of halogens is 4. The van der Waals surface area contributed by atoms with Gasteiger partial charge in [-0.1, -0.05) is 45.7 Å². The Morgan fingerprint density at radius 1 is 1.16 bits per heavy atom. The van der Waals surface area contributed by atoms with Crippen LogP contribution in [0.1, 0.15) is 22.7 Å². The average Bonchev–Trinajstić information content (AvgIpc) is 2.39. The summed E-state index contributed by atoms with van der Waals surface area (Å²) in [7, 11) is 0. The smallest absolute Gasteiger partial charge is 0.148 e. The van der Waals surface area contributed by atoms with E-state index in [0.29, 0.717) is 10.0 Å². The number of rotatable bonds is 2. The molecule has 0 aliphatic carbocycles. The Hall–Kier alpha value is -0.420. The highest BCUT2D eigenvalue weighted by Crippen LogP contribution is 2.32. The van der Waals surface area contributed by atoms with Gasteiger partial charge < -0.3 is 5.73 Å². The summed E-state index contributed by atoms with van der Waals surface area (Å²) in [4.78, 5) is 0. The maximum absolute atomic E-state index is 14.1. The highest BCUT2D eigenvalue weighted by atomic mass is 79.9. The second kappa shape index (κ2) is 5.92. The molecular formula is C14H11Br2ClFN. The normalized spacial score (nSPS) is 12.5. The van der Waals surface area contributed by atoms with Crippen LogP contribution in [0.5, 0.6) is 0 Å². The van der Waals surface area contributed by atoms with Gasteiger partial charge in [0.25, 0.3) is 0 Å². The minimum Gasteiger partial charge on any atom is -0.320 e. The molecule has 1 nitrogen and oxygen atoms in total. The summed E-state index contributed by atoms with van der Waals surface area (Å²) in [5, 5.41) is 0.0547. The number of aryl methyl sites for hydroxylation is 1. The molecule has 1 unspecified atom stereocenters. The van der Waals surface area contributed by atoms with E-state index in [1.54, 1.807) is 12.1 Å². The first kappa shape index (κ1) is 15.0. The van der Waals surface area contributed by atoms with Crippen LogP contribution in [-0.4, -0.2) is 0 Å². The fourth-order valence-corrected chi connectivity index (χ4v) is 2.64. The van der Waals surface area contributed by atoms with Crippen LogP contribution in [0.3, 0.4) is 0 Å². The van der Waals surface area contributed by atoms with Crippen LogP contribution in [0.25, 0.3) is 0 Å². The lowest BCUT2D eigenvalue weighted by Gasteiger charge is -2.15. The zero-order chi connectivity index (χ0) is 14.2. The SMILES string of the molecule is Cc1ccc(C(N)c2ccc(Br)c(Cl)c2F)cc1Br. The third kappa shape index (κ3) is 3.02. The molecule has 0 saturated heterocycles. The Morgan fingerprint density at radius 3 is 2.47 bits per heavy atom. The summed E-state index contributed by atoms with van der Waals surface area (Å²) in [5.74, 6) is -0.486. The van der Waals surface area contributed by atoms with Gasteiger partial charge in [-0.2, -0.15) is 0 Å². The summed E-state index contributed by atoms with van der Waals surface area (Å²) in [6.07, 6.45) is 0. The Morgan fingerprint density at radius 2 is 1.84 bits per heavy atom. The van der Waals surface area contributed by atoms with Crippen LogP contribution in [0.4, 0.5) is 4.39 Å². The van der Waals surface area contributed by atoms with E-state index in [9.17, 15) is 4.39 Å². The predicted molar refractivity (Wildman–Crippen MR) is 84.0 cm³/mol. The molecule has 0 amide bonds. The van der Waals surface area contributed by atoms with Crippen molar-refractivity contribution in [3.63, 3.8) is 0 Å². The number of hydrogen-bond acceptors (Lipinski definition) is 1. The highest BCUT2D eigenvalue weighted by molar-refractivity contribution is 9.10. The van der Waals surface area contributed by atoms with Gasteiger partial charge in [0.05, 0.1) is 11.1 Å². The van der Waals surface area contributed by atoms with Gasteiger partial charge in [0.1, 0.15) is 5.82 Å². The second-order valence-corrected chi connectivity index (χ2v) is 6.34. The van der Waals surface area contributed by atoms with Gasteiger partial charge in [-0.25, -0.2) is 4.39 Å². The molecule has 1 atom stereocenters. The fraction of sp³-hybridized carbons (Fsp3) is 0.143. The van der Waals surface area contributed by atoms with Crippen molar-refractivity contribution >= 4 is 43.5 Å². The molecule has 0 aromatic heterocycles. The zero-order valence-corrected chi connectivity index (χ0v) is 14.0. The minimum absolute atomic E-state index is 0.0547. The number of hydrogen-bond donors (Lipinski definition) is 1. The van der Waals surface area contributed by atoms with Gasteiger partial charge in [-0.15, -0.1) is 0 Å². The Balaban J connectivity index is 2.47. The summed E-state index contributed by atoms with van der Waals surface area (Å²) >= 11 is 12.5. The van der Waals surface area contributed by atoms with Crippen molar-refractivity contribution in [1.29, 1.82) is 0 Å². The fourth-order valence-electron chi connectivity index (χ4n) is 1.76. The molecule has 2 aromatic rings. The van der Waals surface area contributed by atoms with Crippen LogP contribution >= 0.6 is 43.5 Å². The van der Waals surface area contributed by atoms with E-state index >= 15 is 0 Å². The molecule has 2 N–H and O–H groups in total. The molecule has 0 aliphatic rings. The number of nitrogens with two attached hydrogens (primary N) is 1. The summed E-state index contributed by atoms with van der Waals surface area (Å²) in [5.41, 5.74) is 8.43. The van der Waals surface area contributed by atoms with E-state index in [0.717, 1.165) is 15.6 Å². The van der Waals surface area contributed by atoms with Gasteiger partial charge in [-0.05, 0) is 46.1 Å². The topological polar surface area (TPSA) is 26.0 Å². The average molecular weight is 408 g/mol. The molecule has 0 aliphatic heterocycles. The summed E-state index contributed by atoms with van der Waals surface area (Å²) in [6.45, 7) is 1.98. The molecule has 2 rings (SSSR count). The van der Waals surface area contributed by atoms with E-state index in [1.165, 1.54) is 0 Å². The number of benzene rings is 2. The monoisotopic (exact) mass is 405 g/mol. The van der Waals surface area contributed by atoms with Crippen LogP contribution in [0.15, 0.2) is 39.3 Å². The van der Waals surface area contributed by atoms with Crippen LogP contribution in [0, 0.1) is 12.7 Å². The molecule has 0 fully saturated rings. The van der Waals surface area contributed by atoms with Crippen molar-refractivity contribution < 1.29 is 4.39 Å². The largest absolute Gasteiger partial charge is 0.320 e. The maximum Gasteiger partial charge on any atom is 0.148 e. The lowest BCUT2D eigenvalue weighted by atomic mass is 9.98. The van der Waals surface area contributed by atoms with Gasteiger partial charge in [0.2, 0.25) is 0 Å². The van der Waals surface area contributed by atoms with Crippen molar-refractivity contribution in [2.45, 2.75) is 13.0 Å². The van der Waals surface area contributed by atoms with Crippen molar-refractivity contribution in [3.8, 4) is 0 Å². The first-order chi connectivity index (χ1) is 8.91. The highest BCUT2D eigenvalue weighted by Gasteiger charge is 2.18. The minimum atomic E-state index is -0.553. The van der Waals surface area contributed by atoms with Crippen molar-refractivity contribution in [3.05, 3.63) is 66.8 Å². The standard InChI is InChI=1S/C14H11Br2ClFN/c1-7-2-3-8(6-11(7)16)14(19)9-4-5-10(15)12(17)13(9)18/h2-6,14H,19H2,1H3. The van der Waals surface area contributed by atoms with Gasteiger partial charge in [0, 0.05) is 14.5 Å². The second-order valence-electron chi connectivity index (χ2n) is 4.25. The molecule has 5 heteroatoms. The molecule has 0 radical (unpaired) electrons. The lowest BCUT2D eigenvalue weighted by Crippen LogP contribution is -2.14. The molecule has 2 aromatic carbocycles. The Bertz CT molecular complexity index is 631. The van der Waals surface area contributed by atoms with Crippen LogP contribution in [0.2, 0.25) is 5.02 Å². The Labute approximate surface area is 133 Å². The maximum atomic E-state index is 14.1. The van der Waals surface area contributed by atoms with Gasteiger partial charge in [-0.3, -0.25) is 0 Å². The van der Waals surface area contributed by atoms with Crippen LogP contribution < -0.4 is 5.73 Å². The molecule has 0 bridgehead atoms. The van der Waals surface area contributed by atoms with Gasteiger partial charge in [0.15, 0.2) is 0 Å². The molecule has 19 heavy (non-hydrogen) atoms. The third-order valence-electron chi connectivity index (χ3n) is 2.96. The summed E-state index contributed by atoms with van der Waals surface area (Å²) in [6, 6.07) is 8.52. The quantitative estimate of drug-likeness (QED) is 0.667. The third-order valence-corrected chi connectivity index (χ3v) is 5.07. The first-order valence-corrected chi connectivity index (χ1v) is 7.53. The zero-order valence-electron chi connectivity index (χ0n) is 10.1. The van der Waals surface area contributed by atoms with E-state index in [1.807, 2.05) is 25.1 Å². The summed E-state index contributed by atoms with van der Waals surface area (Å²) < 4.78 is 15.6. The van der Waals surface area contributed by atoms with Crippen molar-refractivity contribution in [2.24, 2.45) is 5.73 Å². The van der Waals surface area contributed by atoms with E-state index in [-0.39, 0.29) is 5.02 Å². The molecule has 0 spiro atoms. The van der Waals surface area contributed by atoms with Crippen molar-refractivity contribution in [2.75, 3.05) is 0 Å². The predicted octanol–water partition coefficient (Wildman–Crippen LogP) is 5.36. The molecule has 0 saturated carbocycles. The first-order valence-electron chi connectivity index (χ1n) is 5.57. The van der Waals surface area contributed by atoms with Crippen LogP contribution in [-0.2, 0) is 0 Å². The lowest BCUT2D eigenvalue weighted by molar-refractivity contribution is 0.599. The van der Waals surface area contributed by atoms with E-state index in [2.05, 4.69) is 31.9 Å². The molecular weight excluding hydrogens is 396 g/mol. The van der Waals surface area contributed by atoms with E-state index < -0.39 is 11.9 Å². The van der Waals surface area contributed by atoms with Crippen molar-refractivity contribution in [1.82, 2.24) is 0 Å². The van der Waals surface area contributed by atoms with E-state index in [4.69, 9.17) is 17.3 Å². The molecule has 100 valence electrons.